The molecule has 0 aromatic heterocycles. The molecule has 0 spiro atoms. The van der Waals surface area contributed by atoms with Gasteiger partial charge in [-0.1, -0.05) is 26.0 Å². The summed E-state index contributed by atoms with van der Waals surface area (Å²) in [7, 11) is 0. The first-order chi connectivity index (χ1) is 18.2. The van der Waals surface area contributed by atoms with Crippen molar-refractivity contribution < 1.29 is 34.5 Å². The molecule has 0 heterocycles. The van der Waals surface area contributed by atoms with Gasteiger partial charge in [0.2, 0.25) is 17.7 Å². The molecule has 0 aliphatic rings. The minimum atomic E-state index is -1.46. The van der Waals surface area contributed by atoms with Gasteiger partial charge >= 0.3 is 5.97 Å². The van der Waals surface area contributed by atoms with Crippen LogP contribution in [0.5, 0.6) is 5.75 Å². The number of guanidine groups is 1. The average Bonchev–Trinajstić information content (AvgIpc) is 2.84. The zero-order chi connectivity index (χ0) is 29.7. The molecule has 5 unspecified atom stereocenters. The Morgan fingerprint density at radius 2 is 1.51 bits per heavy atom. The summed E-state index contributed by atoms with van der Waals surface area (Å²) in [5.74, 6) is -3.70. The van der Waals surface area contributed by atoms with Crippen LogP contribution < -0.4 is 33.2 Å². The fourth-order valence-electron chi connectivity index (χ4n) is 3.62. The molecule has 0 saturated heterocycles. The number of hydrogen-bond donors (Lipinski definition) is 9. The number of nitrogens with two attached hydrogens (primary N) is 3. The Kier molecular flexibility index (Phi) is 13.7. The Bertz CT molecular complexity index is 995. The third-order valence-corrected chi connectivity index (χ3v) is 5.70. The highest BCUT2D eigenvalue weighted by Gasteiger charge is 2.32. The number of nitrogens with zero attached hydrogens (tertiary/aromatic N) is 1. The zero-order valence-electron chi connectivity index (χ0n) is 22.5. The number of aliphatic hydroxyl groups excluding tert-OH is 1. The number of amides is 3. The van der Waals surface area contributed by atoms with Crippen molar-refractivity contribution in [3.63, 3.8) is 0 Å². The molecule has 12 N–H and O–H groups in total. The normalized spacial score (nSPS) is 14.8. The van der Waals surface area contributed by atoms with E-state index in [2.05, 4.69) is 20.9 Å². The van der Waals surface area contributed by atoms with E-state index in [0.29, 0.717) is 12.0 Å². The number of carboxylic acid groups (broad SMARTS) is 1. The summed E-state index contributed by atoms with van der Waals surface area (Å²) in [4.78, 5) is 54.3. The molecule has 14 heteroatoms. The van der Waals surface area contributed by atoms with Crippen LogP contribution in [0, 0.1) is 5.92 Å². The van der Waals surface area contributed by atoms with Crippen molar-refractivity contribution in [1.82, 2.24) is 16.0 Å². The number of hydrogen-bond acceptors (Lipinski definition) is 8. The maximum Gasteiger partial charge on any atom is 0.326 e. The quantitative estimate of drug-likeness (QED) is 0.0638. The van der Waals surface area contributed by atoms with Crippen molar-refractivity contribution in [1.29, 1.82) is 0 Å². The monoisotopic (exact) mass is 551 g/mol. The smallest absolute Gasteiger partial charge is 0.326 e. The van der Waals surface area contributed by atoms with Crippen molar-refractivity contribution in [2.45, 2.75) is 76.7 Å². The molecule has 5 atom stereocenters. The van der Waals surface area contributed by atoms with Crippen LogP contribution in [0.1, 0.15) is 45.6 Å². The minimum Gasteiger partial charge on any atom is -0.508 e. The van der Waals surface area contributed by atoms with E-state index in [1.165, 1.54) is 19.1 Å². The third-order valence-electron chi connectivity index (χ3n) is 5.70. The van der Waals surface area contributed by atoms with Crippen molar-refractivity contribution in [3.05, 3.63) is 29.8 Å². The van der Waals surface area contributed by atoms with Gasteiger partial charge in [0.05, 0.1) is 12.1 Å². The maximum atomic E-state index is 13.1. The van der Waals surface area contributed by atoms with Crippen molar-refractivity contribution in [2.24, 2.45) is 28.1 Å². The van der Waals surface area contributed by atoms with Gasteiger partial charge in [0, 0.05) is 13.0 Å². The fraction of sp³-hybridized carbons (Fsp3) is 0.560. The number of nitrogens with one attached hydrogen (secondary N) is 3. The number of carbonyl (C=O) groups excluding carboxylic acids is 3. The molecule has 1 aromatic carbocycles. The second kappa shape index (κ2) is 16.1. The number of aliphatic hydroxyl groups is 1. The predicted molar refractivity (Wildman–Crippen MR) is 144 cm³/mol. The number of phenolic OH excluding ortho intramolecular Hbond substituents is 1. The van der Waals surface area contributed by atoms with E-state index in [0.717, 1.165) is 0 Å². The topological polar surface area (TPSA) is 255 Å². The Morgan fingerprint density at radius 3 is 2.03 bits per heavy atom. The van der Waals surface area contributed by atoms with E-state index in [9.17, 15) is 34.5 Å². The van der Waals surface area contributed by atoms with E-state index < -0.39 is 54.0 Å². The summed E-state index contributed by atoms with van der Waals surface area (Å²) < 4.78 is 0. The summed E-state index contributed by atoms with van der Waals surface area (Å²) in [6.45, 7) is 5.15. The molecule has 0 bridgehead atoms. The van der Waals surface area contributed by atoms with Gasteiger partial charge < -0.3 is 48.5 Å². The number of rotatable bonds is 16. The van der Waals surface area contributed by atoms with Gasteiger partial charge in [-0.25, -0.2) is 4.79 Å². The van der Waals surface area contributed by atoms with E-state index in [1.807, 2.05) is 0 Å². The molecule has 14 nitrogen and oxygen atoms in total. The van der Waals surface area contributed by atoms with Crippen LogP contribution in [-0.4, -0.2) is 81.8 Å². The van der Waals surface area contributed by atoms with Gasteiger partial charge in [0.25, 0.3) is 0 Å². The molecular weight excluding hydrogens is 510 g/mol. The molecule has 218 valence electrons. The van der Waals surface area contributed by atoms with Crippen LogP contribution in [0.15, 0.2) is 29.3 Å². The number of phenols is 1. The third kappa shape index (κ3) is 12.5. The Balaban J connectivity index is 3.04. The minimum absolute atomic E-state index is 0.00168. The van der Waals surface area contributed by atoms with E-state index in [1.54, 1.807) is 26.0 Å². The van der Waals surface area contributed by atoms with Gasteiger partial charge in [0.1, 0.15) is 23.9 Å². The van der Waals surface area contributed by atoms with Crippen LogP contribution in [0.2, 0.25) is 0 Å². The number of carbonyl (C=O) groups is 4. The molecule has 0 saturated carbocycles. The van der Waals surface area contributed by atoms with E-state index in [-0.39, 0.29) is 43.4 Å². The molecule has 0 radical (unpaired) electrons. The molecule has 0 aliphatic heterocycles. The van der Waals surface area contributed by atoms with Crippen molar-refractivity contribution in [3.8, 4) is 5.75 Å². The first-order valence-electron chi connectivity index (χ1n) is 12.6. The summed E-state index contributed by atoms with van der Waals surface area (Å²) >= 11 is 0. The van der Waals surface area contributed by atoms with Crippen LogP contribution in [0.25, 0.3) is 0 Å². The van der Waals surface area contributed by atoms with Crippen LogP contribution in [0.4, 0.5) is 0 Å². The maximum absolute atomic E-state index is 13.1. The predicted octanol–water partition coefficient (Wildman–Crippen LogP) is -1.72. The van der Waals surface area contributed by atoms with Gasteiger partial charge in [0.15, 0.2) is 5.96 Å². The van der Waals surface area contributed by atoms with E-state index in [4.69, 9.17) is 17.2 Å². The van der Waals surface area contributed by atoms with Gasteiger partial charge in [-0.3, -0.25) is 19.4 Å². The van der Waals surface area contributed by atoms with Crippen LogP contribution in [0.3, 0.4) is 0 Å². The largest absolute Gasteiger partial charge is 0.508 e. The number of aliphatic imine (C=N–C) groups is 1. The highest BCUT2D eigenvalue weighted by Crippen LogP contribution is 2.13. The Hall–Kier alpha value is -3.91. The van der Waals surface area contributed by atoms with Gasteiger partial charge in [-0.2, -0.15) is 0 Å². The molecule has 3 amide bonds. The molecule has 0 fully saturated rings. The summed E-state index contributed by atoms with van der Waals surface area (Å²) in [5, 5.41) is 36.6. The summed E-state index contributed by atoms with van der Waals surface area (Å²) in [5.41, 5.74) is 17.0. The SMILES string of the molecule is CC(C)CC(NC(=O)C(Cc1ccc(O)cc1)NC(=O)C(NC(=O)C(N)CCCN=C(N)N)C(C)O)C(=O)O. The molecular formula is C25H41N7O7. The zero-order valence-corrected chi connectivity index (χ0v) is 22.5. The highest BCUT2D eigenvalue weighted by atomic mass is 16.4. The molecule has 1 aromatic rings. The van der Waals surface area contributed by atoms with Crippen molar-refractivity contribution >= 4 is 29.7 Å². The summed E-state index contributed by atoms with van der Waals surface area (Å²) in [6.07, 6.45) is -0.651. The van der Waals surface area contributed by atoms with Crippen molar-refractivity contribution in [2.75, 3.05) is 6.54 Å². The lowest BCUT2D eigenvalue weighted by atomic mass is 10.0. The van der Waals surface area contributed by atoms with Gasteiger partial charge in [-0.15, -0.1) is 0 Å². The van der Waals surface area contributed by atoms with E-state index >= 15 is 0 Å². The number of carboxylic acids is 1. The molecule has 1 rings (SSSR count). The lowest BCUT2D eigenvalue weighted by Crippen LogP contribution is -2.60. The first-order valence-corrected chi connectivity index (χ1v) is 12.6. The standard InChI is InChI=1S/C25H41N7O7/c1-13(2)11-19(24(38)39)31-22(36)18(12-15-6-8-16(34)9-7-15)30-23(37)20(14(3)33)32-21(35)17(26)5-4-10-29-25(27)28/h6-9,13-14,17-20,33-34H,4-5,10-12,26H2,1-3H3,(H,30,37)(H,31,36)(H,32,35)(H,38,39)(H4,27,28,29). The number of benzene rings is 1. The molecule has 0 aliphatic carbocycles. The lowest BCUT2D eigenvalue weighted by Gasteiger charge is -2.27. The second-order valence-electron chi connectivity index (χ2n) is 9.74. The average molecular weight is 552 g/mol. The van der Waals surface area contributed by atoms with Crippen LogP contribution >= 0.6 is 0 Å². The van der Waals surface area contributed by atoms with Crippen LogP contribution in [-0.2, 0) is 25.6 Å². The number of aromatic hydroxyl groups is 1. The second-order valence-corrected chi connectivity index (χ2v) is 9.74. The fourth-order valence-corrected chi connectivity index (χ4v) is 3.62. The summed E-state index contributed by atoms with van der Waals surface area (Å²) in [6, 6.07) is 0.957. The Labute approximate surface area is 227 Å². The molecule has 39 heavy (non-hydrogen) atoms. The van der Waals surface area contributed by atoms with Gasteiger partial charge in [-0.05, 0) is 49.8 Å². The first kappa shape index (κ1) is 33.1. The Morgan fingerprint density at radius 1 is 0.923 bits per heavy atom. The lowest BCUT2D eigenvalue weighted by molar-refractivity contribution is -0.143. The number of aliphatic carboxylic acids is 1. The highest BCUT2D eigenvalue weighted by molar-refractivity contribution is 5.94.